The lowest BCUT2D eigenvalue weighted by Crippen LogP contribution is -2.37. The van der Waals surface area contributed by atoms with Crippen LogP contribution in [0, 0.1) is 29.1 Å². The number of hydrogen-bond donors (Lipinski definition) is 0. The molecule has 0 atom stereocenters. The Morgan fingerprint density at radius 1 is 0.900 bits per heavy atom. The molecule has 0 spiro atoms. The van der Waals surface area contributed by atoms with Crippen LogP contribution in [-0.2, 0) is 10.9 Å². The monoisotopic (exact) mass is 441 g/mol. The molecule has 4 nitrogen and oxygen atoms in total. The van der Waals surface area contributed by atoms with Gasteiger partial charge < -0.3 is 14.4 Å². The quantitative estimate of drug-likeness (QED) is 0.232. The lowest BCUT2D eigenvalue weighted by atomic mass is 10.1. The second-order valence-electron chi connectivity index (χ2n) is 6.12. The second kappa shape index (κ2) is 8.09. The Hall–Kier alpha value is -2.89. The van der Waals surface area contributed by atoms with Crippen LogP contribution in [0.15, 0.2) is 18.2 Å². The fraction of sp³-hybridized carbons (Fsp3) is 0.278. The van der Waals surface area contributed by atoms with Gasteiger partial charge in [0.05, 0.1) is 30.0 Å². The molecule has 1 aliphatic rings. The van der Waals surface area contributed by atoms with Crippen molar-refractivity contribution >= 4 is 11.7 Å². The van der Waals surface area contributed by atoms with Crippen molar-refractivity contribution in [2.45, 2.75) is 6.18 Å². The van der Waals surface area contributed by atoms with E-state index in [1.165, 1.54) is 4.90 Å². The molecular weight excluding hydrogens is 430 g/mol. The molecule has 162 valence electrons. The summed E-state index contributed by atoms with van der Waals surface area (Å²) < 4.78 is 116. The summed E-state index contributed by atoms with van der Waals surface area (Å²) in [5, 5.41) is 0. The number of halogens is 8. The van der Waals surface area contributed by atoms with E-state index in [4.69, 9.17) is 4.74 Å². The number of alkyl halides is 3. The van der Waals surface area contributed by atoms with Crippen LogP contribution >= 0.6 is 0 Å². The smallest absolute Gasteiger partial charge is 0.416 e. The molecule has 0 N–H and O–H groups in total. The van der Waals surface area contributed by atoms with Gasteiger partial charge in [0, 0.05) is 13.1 Å². The van der Waals surface area contributed by atoms with Gasteiger partial charge in [-0.1, -0.05) is 0 Å². The maximum absolute atomic E-state index is 13.8. The Labute approximate surface area is 163 Å². The maximum atomic E-state index is 13.8. The standard InChI is InChI=1S/C18H11F8NO3/c19-11-12(20)14(22)16(15(23)13(11)21)30-17(28)9-7-8(18(24,25)26)1-2-10(9)27-3-5-29-6-4-27/h1-2,7H,3-6H2. The molecule has 2 aromatic carbocycles. The topological polar surface area (TPSA) is 38.8 Å². The van der Waals surface area contributed by atoms with Crippen molar-refractivity contribution in [2.75, 3.05) is 31.2 Å². The van der Waals surface area contributed by atoms with E-state index >= 15 is 0 Å². The number of hydrogen-bond acceptors (Lipinski definition) is 4. The maximum Gasteiger partial charge on any atom is 0.416 e. The lowest BCUT2D eigenvalue weighted by molar-refractivity contribution is -0.137. The van der Waals surface area contributed by atoms with E-state index in [9.17, 15) is 39.9 Å². The molecule has 0 aromatic heterocycles. The highest BCUT2D eigenvalue weighted by molar-refractivity contribution is 5.97. The van der Waals surface area contributed by atoms with Crippen LogP contribution in [0.1, 0.15) is 15.9 Å². The Kier molecular flexibility index (Phi) is 5.88. The molecule has 1 aliphatic heterocycles. The van der Waals surface area contributed by atoms with Gasteiger partial charge in [-0.15, -0.1) is 0 Å². The highest BCUT2D eigenvalue weighted by Crippen LogP contribution is 2.35. The Bertz CT molecular complexity index is 957. The van der Waals surface area contributed by atoms with Crippen molar-refractivity contribution < 1.29 is 49.4 Å². The Morgan fingerprint density at radius 2 is 1.43 bits per heavy atom. The Balaban J connectivity index is 2.06. The van der Waals surface area contributed by atoms with E-state index in [1.807, 2.05) is 0 Å². The molecule has 2 aromatic rings. The van der Waals surface area contributed by atoms with Crippen LogP contribution in [0.2, 0.25) is 0 Å². The first-order valence-corrected chi connectivity index (χ1v) is 8.30. The van der Waals surface area contributed by atoms with Crippen molar-refractivity contribution in [3.05, 3.63) is 58.4 Å². The molecule has 0 aliphatic carbocycles. The number of morpholine rings is 1. The van der Waals surface area contributed by atoms with Gasteiger partial charge in [0.25, 0.3) is 0 Å². The summed E-state index contributed by atoms with van der Waals surface area (Å²) in [6.45, 7) is 0.725. The molecule has 12 heteroatoms. The number of esters is 1. The number of rotatable bonds is 3. The van der Waals surface area contributed by atoms with Crippen molar-refractivity contribution in [1.29, 1.82) is 0 Å². The van der Waals surface area contributed by atoms with E-state index in [-0.39, 0.29) is 32.0 Å². The minimum atomic E-state index is -4.87. The fourth-order valence-electron chi connectivity index (χ4n) is 2.78. The van der Waals surface area contributed by atoms with Crippen molar-refractivity contribution in [2.24, 2.45) is 0 Å². The number of nitrogens with zero attached hydrogens (tertiary/aromatic N) is 1. The third-order valence-corrected chi connectivity index (χ3v) is 4.26. The number of carbonyl (C=O) groups excluding carboxylic acids is 1. The van der Waals surface area contributed by atoms with Crippen LogP contribution in [0.4, 0.5) is 40.8 Å². The van der Waals surface area contributed by atoms with Gasteiger partial charge in [-0.25, -0.2) is 18.0 Å². The Morgan fingerprint density at radius 3 is 1.97 bits per heavy atom. The summed E-state index contributed by atoms with van der Waals surface area (Å²) in [4.78, 5) is 13.9. The summed E-state index contributed by atoms with van der Waals surface area (Å²) in [7, 11) is 0. The van der Waals surface area contributed by atoms with Gasteiger partial charge in [0.15, 0.2) is 0 Å². The van der Waals surface area contributed by atoms with E-state index in [0.717, 1.165) is 6.07 Å². The van der Waals surface area contributed by atoms with Crippen LogP contribution in [0.3, 0.4) is 0 Å². The SMILES string of the molecule is O=C(Oc1c(F)c(F)c(F)c(F)c1F)c1cc(C(F)(F)F)ccc1N1CCOCC1. The zero-order valence-electron chi connectivity index (χ0n) is 14.8. The third-order valence-electron chi connectivity index (χ3n) is 4.26. The molecule has 1 saturated heterocycles. The molecule has 30 heavy (non-hydrogen) atoms. The second-order valence-corrected chi connectivity index (χ2v) is 6.12. The van der Waals surface area contributed by atoms with Crippen molar-refractivity contribution in [3.8, 4) is 5.75 Å². The predicted molar refractivity (Wildman–Crippen MR) is 85.7 cm³/mol. The molecule has 1 fully saturated rings. The van der Waals surface area contributed by atoms with Gasteiger partial charge in [0.1, 0.15) is 0 Å². The first-order valence-electron chi connectivity index (χ1n) is 8.30. The van der Waals surface area contributed by atoms with Crippen molar-refractivity contribution in [1.82, 2.24) is 0 Å². The number of ether oxygens (including phenoxy) is 2. The number of anilines is 1. The molecule has 1 heterocycles. The zero-order chi connectivity index (χ0) is 22.2. The molecule has 0 saturated carbocycles. The van der Waals surface area contributed by atoms with Gasteiger partial charge in [-0.3, -0.25) is 0 Å². The van der Waals surface area contributed by atoms with E-state index in [0.29, 0.717) is 12.1 Å². The molecule has 3 rings (SSSR count). The summed E-state index contributed by atoms with van der Waals surface area (Å²) >= 11 is 0. The first-order chi connectivity index (χ1) is 14.0. The number of carbonyl (C=O) groups is 1. The van der Waals surface area contributed by atoms with Crippen molar-refractivity contribution in [3.63, 3.8) is 0 Å². The van der Waals surface area contributed by atoms with Gasteiger partial charge in [0.2, 0.25) is 34.8 Å². The lowest BCUT2D eigenvalue weighted by Gasteiger charge is -2.30. The largest absolute Gasteiger partial charge is 0.416 e. The predicted octanol–water partition coefficient (Wildman–Crippen LogP) is 4.46. The van der Waals surface area contributed by atoms with Gasteiger partial charge >= 0.3 is 12.1 Å². The van der Waals surface area contributed by atoms with E-state index < -0.39 is 58.1 Å². The third kappa shape index (κ3) is 4.04. The van der Waals surface area contributed by atoms with E-state index in [1.54, 1.807) is 0 Å². The average molecular weight is 441 g/mol. The van der Waals surface area contributed by atoms with Gasteiger partial charge in [-0.05, 0) is 18.2 Å². The van der Waals surface area contributed by atoms with Crippen LogP contribution in [0.5, 0.6) is 5.75 Å². The fourth-order valence-corrected chi connectivity index (χ4v) is 2.78. The summed E-state index contributed by atoms with van der Waals surface area (Å²) in [6.07, 6.45) is -4.87. The number of benzene rings is 2. The minimum absolute atomic E-state index is 0.0832. The highest BCUT2D eigenvalue weighted by atomic mass is 19.4. The molecular formula is C18H11F8NO3. The summed E-state index contributed by atoms with van der Waals surface area (Å²) in [5.41, 5.74) is -2.13. The average Bonchev–Trinajstić information content (AvgIpc) is 2.73. The molecule has 0 amide bonds. The molecule has 0 radical (unpaired) electrons. The van der Waals surface area contributed by atoms with Crippen LogP contribution in [-0.4, -0.2) is 32.3 Å². The highest BCUT2D eigenvalue weighted by Gasteiger charge is 2.34. The summed E-state index contributed by atoms with van der Waals surface area (Å²) in [6, 6.07) is 2.00. The van der Waals surface area contributed by atoms with Gasteiger partial charge in [-0.2, -0.15) is 22.0 Å². The minimum Gasteiger partial charge on any atom is -0.416 e. The van der Waals surface area contributed by atoms with E-state index in [2.05, 4.69) is 4.74 Å². The van der Waals surface area contributed by atoms with Crippen LogP contribution < -0.4 is 9.64 Å². The zero-order valence-corrected chi connectivity index (χ0v) is 14.8. The molecule has 0 bridgehead atoms. The summed E-state index contributed by atoms with van der Waals surface area (Å²) in [5.74, 6) is -15.7. The molecule has 0 unspecified atom stereocenters. The normalized spacial score (nSPS) is 14.7. The first kappa shape index (κ1) is 21.8. The van der Waals surface area contributed by atoms with Crippen LogP contribution in [0.25, 0.3) is 0 Å².